The predicted molar refractivity (Wildman–Crippen MR) is 92.9 cm³/mol. The number of aryl methyl sites for hydroxylation is 2. The predicted octanol–water partition coefficient (Wildman–Crippen LogP) is 2.82. The lowest BCUT2D eigenvalue weighted by molar-refractivity contribution is 0.0916. The standard InChI is InChI=1S/C19H19N3O3/c1-12-5-3-4-6-16(12)17(23)11-20-18(24)14-7-9-15(10-8-14)19-22-21-13(2)25-19/h3-10,17,23H,11H2,1-2H3,(H,20,24). The van der Waals surface area contributed by atoms with Gasteiger partial charge in [0.15, 0.2) is 0 Å². The number of aromatic nitrogens is 2. The van der Waals surface area contributed by atoms with Crippen LogP contribution in [0.2, 0.25) is 0 Å². The molecule has 3 aromatic rings. The number of carbonyl (C=O) groups is 1. The Hall–Kier alpha value is -2.99. The smallest absolute Gasteiger partial charge is 0.251 e. The average molecular weight is 337 g/mol. The minimum absolute atomic E-state index is 0.147. The molecule has 2 aromatic carbocycles. The first-order chi connectivity index (χ1) is 12.0. The van der Waals surface area contributed by atoms with Crippen molar-refractivity contribution in [3.8, 4) is 11.5 Å². The van der Waals surface area contributed by atoms with Crippen LogP contribution in [0.5, 0.6) is 0 Å². The van der Waals surface area contributed by atoms with Crippen molar-refractivity contribution < 1.29 is 14.3 Å². The molecule has 0 aliphatic rings. The zero-order valence-corrected chi connectivity index (χ0v) is 14.1. The third-order valence-electron chi connectivity index (χ3n) is 3.92. The van der Waals surface area contributed by atoms with Crippen molar-refractivity contribution in [1.29, 1.82) is 0 Å². The number of amides is 1. The molecule has 25 heavy (non-hydrogen) atoms. The summed E-state index contributed by atoms with van der Waals surface area (Å²) in [6.45, 7) is 3.80. The molecule has 0 saturated carbocycles. The molecule has 1 amide bonds. The Morgan fingerprint density at radius 1 is 1.12 bits per heavy atom. The van der Waals surface area contributed by atoms with Crippen LogP contribution in [0.3, 0.4) is 0 Å². The van der Waals surface area contributed by atoms with E-state index in [2.05, 4.69) is 15.5 Å². The number of aliphatic hydroxyl groups is 1. The van der Waals surface area contributed by atoms with Crippen LogP contribution in [-0.4, -0.2) is 27.8 Å². The third-order valence-corrected chi connectivity index (χ3v) is 3.92. The van der Waals surface area contributed by atoms with E-state index in [-0.39, 0.29) is 12.5 Å². The summed E-state index contributed by atoms with van der Waals surface area (Å²) >= 11 is 0. The van der Waals surface area contributed by atoms with Gasteiger partial charge in [-0.05, 0) is 42.3 Å². The van der Waals surface area contributed by atoms with Crippen LogP contribution >= 0.6 is 0 Å². The molecule has 0 spiro atoms. The summed E-state index contributed by atoms with van der Waals surface area (Å²) in [6.07, 6.45) is -0.745. The molecule has 2 N–H and O–H groups in total. The van der Waals surface area contributed by atoms with Gasteiger partial charge in [0, 0.05) is 24.6 Å². The number of nitrogens with zero attached hydrogens (tertiary/aromatic N) is 2. The highest BCUT2D eigenvalue weighted by molar-refractivity contribution is 5.94. The molecule has 1 unspecified atom stereocenters. The molecule has 1 aromatic heterocycles. The Morgan fingerprint density at radius 3 is 2.48 bits per heavy atom. The summed E-state index contributed by atoms with van der Waals surface area (Å²) in [4.78, 5) is 12.2. The number of benzene rings is 2. The number of hydrogen-bond acceptors (Lipinski definition) is 5. The summed E-state index contributed by atoms with van der Waals surface area (Å²) < 4.78 is 5.35. The van der Waals surface area contributed by atoms with Gasteiger partial charge in [-0.3, -0.25) is 4.79 Å². The van der Waals surface area contributed by atoms with Crippen LogP contribution in [0.15, 0.2) is 52.9 Å². The zero-order chi connectivity index (χ0) is 17.8. The Labute approximate surface area is 145 Å². The number of aliphatic hydroxyl groups excluding tert-OH is 1. The fraction of sp³-hybridized carbons (Fsp3) is 0.211. The van der Waals surface area contributed by atoms with Crippen LogP contribution in [0.4, 0.5) is 0 Å². The molecule has 0 saturated heterocycles. The maximum absolute atomic E-state index is 12.2. The van der Waals surface area contributed by atoms with Crippen molar-refractivity contribution in [1.82, 2.24) is 15.5 Å². The van der Waals surface area contributed by atoms with Crippen LogP contribution in [0.1, 0.15) is 33.5 Å². The van der Waals surface area contributed by atoms with Crippen molar-refractivity contribution >= 4 is 5.91 Å². The Kier molecular flexibility index (Phi) is 4.90. The van der Waals surface area contributed by atoms with Crippen LogP contribution < -0.4 is 5.32 Å². The second-order valence-corrected chi connectivity index (χ2v) is 5.79. The van der Waals surface area contributed by atoms with Crippen molar-refractivity contribution in [2.24, 2.45) is 0 Å². The van der Waals surface area contributed by atoms with Gasteiger partial charge in [0.05, 0.1) is 6.10 Å². The minimum Gasteiger partial charge on any atom is -0.421 e. The lowest BCUT2D eigenvalue weighted by Crippen LogP contribution is -2.28. The second kappa shape index (κ2) is 7.27. The molecule has 0 aliphatic heterocycles. The molecule has 0 bridgehead atoms. The molecule has 6 heteroatoms. The highest BCUT2D eigenvalue weighted by Gasteiger charge is 2.13. The van der Waals surface area contributed by atoms with E-state index in [1.807, 2.05) is 31.2 Å². The summed E-state index contributed by atoms with van der Waals surface area (Å²) in [7, 11) is 0. The largest absolute Gasteiger partial charge is 0.421 e. The van der Waals surface area contributed by atoms with E-state index in [0.717, 1.165) is 16.7 Å². The maximum atomic E-state index is 12.2. The highest BCUT2D eigenvalue weighted by Crippen LogP contribution is 2.19. The summed E-state index contributed by atoms with van der Waals surface area (Å²) in [5.41, 5.74) is 3.04. The van der Waals surface area contributed by atoms with E-state index in [4.69, 9.17) is 4.42 Å². The molecule has 3 rings (SSSR count). The maximum Gasteiger partial charge on any atom is 0.251 e. The fourth-order valence-electron chi connectivity index (χ4n) is 2.54. The van der Waals surface area contributed by atoms with Gasteiger partial charge in [0.2, 0.25) is 11.8 Å². The molecule has 1 heterocycles. The van der Waals surface area contributed by atoms with Gasteiger partial charge in [-0.2, -0.15) is 0 Å². The molecular formula is C19H19N3O3. The first-order valence-electron chi connectivity index (χ1n) is 7.97. The number of hydrogen-bond donors (Lipinski definition) is 2. The van der Waals surface area contributed by atoms with Crippen molar-refractivity contribution in [2.45, 2.75) is 20.0 Å². The van der Waals surface area contributed by atoms with E-state index < -0.39 is 6.10 Å². The third kappa shape index (κ3) is 3.92. The summed E-state index contributed by atoms with van der Waals surface area (Å²) in [6, 6.07) is 14.4. The molecule has 0 aliphatic carbocycles. The Morgan fingerprint density at radius 2 is 1.84 bits per heavy atom. The zero-order valence-electron chi connectivity index (χ0n) is 14.1. The van der Waals surface area contributed by atoms with Crippen LogP contribution in [0.25, 0.3) is 11.5 Å². The SMILES string of the molecule is Cc1nnc(-c2ccc(C(=O)NCC(O)c3ccccc3C)cc2)o1. The van der Waals surface area contributed by atoms with Gasteiger partial charge in [-0.15, -0.1) is 10.2 Å². The van der Waals surface area contributed by atoms with Crippen molar-refractivity contribution in [3.05, 3.63) is 71.1 Å². The van der Waals surface area contributed by atoms with E-state index >= 15 is 0 Å². The minimum atomic E-state index is -0.745. The Bertz CT molecular complexity index is 872. The van der Waals surface area contributed by atoms with Gasteiger partial charge >= 0.3 is 0 Å². The number of carbonyl (C=O) groups excluding carboxylic acids is 1. The Balaban J connectivity index is 1.62. The second-order valence-electron chi connectivity index (χ2n) is 5.79. The summed E-state index contributed by atoms with van der Waals surface area (Å²) in [5, 5.41) is 20.7. The van der Waals surface area contributed by atoms with Gasteiger partial charge in [-0.25, -0.2) is 0 Å². The first kappa shape index (κ1) is 16.9. The van der Waals surface area contributed by atoms with Gasteiger partial charge < -0.3 is 14.8 Å². The summed E-state index contributed by atoms with van der Waals surface area (Å²) in [5.74, 6) is 0.655. The first-order valence-corrected chi connectivity index (χ1v) is 7.97. The molecular weight excluding hydrogens is 318 g/mol. The van der Waals surface area contributed by atoms with E-state index in [1.165, 1.54) is 0 Å². The van der Waals surface area contributed by atoms with Crippen LogP contribution in [0, 0.1) is 13.8 Å². The molecule has 128 valence electrons. The fourth-order valence-corrected chi connectivity index (χ4v) is 2.54. The lowest BCUT2D eigenvalue weighted by atomic mass is 10.0. The van der Waals surface area contributed by atoms with Crippen LogP contribution in [-0.2, 0) is 0 Å². The molecule has 6 nitrogen and oxygen atoms in total. The van der Waals surface area contributed by atoms with E-state index in [9.17, 15) is 9.90 Å². The van der Waals surface area contributed by atoms with Crippen molar-refractivity contribution in [3.63, 3.8) is 0 Å². The van der Waals surface area contributed by atoms with E-state index in [1.54, 1.807) is 31.2 Å². The van der Waals surface area contributed by atoms with Gasteiger partial charge in [-0.1, -0.05) is 24.3 Å². The lowest BCUT2D eigenvalue weighted by Gasteiger charge is -2.14. The normalized spacial score (nSPS) is 12.0. The monoisotopic (exact) mass is 337 g/mol. The molecule has 0 radical (unpaired) electrons. The number of rotatable bonds is 5. The van der Waals surface area contributed by atoms with E-state index in [0.29, 0.717) is 17.3 Å². The topological polar surface area (TPSA) is 88.2 Å². The molecule has 1 atom stereocenters. The average Bonchev–Trinajstić information content (AvgIpc) is 3.06. The number of nitrogens with one attached hydrogen (secondary N) is 1. The molecule has 0 fully saturated rings. The van der Waals surface area contributed by atoms with Gasteiger partial charge in [0.1, 0.15) is 0 Å². The quantitative estimate of drug-likeness (QED) is 0.747. The van der Waals surface area contributed by atoms with Gasteiger partial charge in [0.25, 0.3) is 5.91 Å². The van der Waals surface area contributed by atoms with Crippen molar-refractivity contribution in [2.75, 3.05) is 6.54 Å². The highest BCUT2D eigenvalue weighted by atomic mass is 16.4.